The fourth-order valence-electron chi connectivity index (χ4n) is 2.15. The number of hydrogen-bond donors (Lipinski definition) is 1. The molecule has 4 nitrogen and oxygen atoms in total. The molecule has 1 heterocycles. The maximum Gasteiger partial charge on any atom is 0.154 e. The van der Waals surface area contributed by atoms with Crippen molar-refractivity contribution < 1.29 is 13.2 Å². The molecule has 1 aliphatic heterocycles. The molecule has 1 fully saturated rings. The highest BCUT2D eigenvalue weighted by Gasteiger charge is 2.30. The van der Waals surface area contributed by atoms with Crippen molar-refractivity contribution in [1.29, 1.82) is 0 Å². The van der Waals surface area contributed by atoms with E-state index in [1.165, 1.54) is 0 Å². The van der Waals surface area contributed by atoms with E-state index in [1.54, 1.807) is 0 Å². The molecule has 0 radical (unpaired) electrons. The first-order chi connectivity index (χ1) is 9.08. The Morgan fingerprint density at radius 3 is 2.95 bits per heavy atom. The topological polar surface area (TPSA) is 55.4 Å². The lowest BCUT2D eigenvalue weighted by Gasteiger charge is -2.11. The quantitative estimate of drug-likeness (QED) is 0.799. The van der Waals surface area contributed by atoms with Gasteiger partial charge in [0.2, 0.25) is 0 Å². The van der Waals surface area contributed by atoms with Gasteiger partial charge in [-0.2, -0.15) is 0 Å². The van der Waals surface area contributed by atoms with Crippen molar-refractivity contribution in [3.63, 3.8) is 0 Å². The molecule has 6 heteroatoms. The molecule has 106 valence electrons. The van der Waals surface area contributed by atoms with Crippen molar-refractivity contribution in [3.05, 3.63) is 28.7 Å². The van der Waals surface area contributed by atoms with Crippen LogP contribution in [0.3, 0.4) is 0 Å². The summed E-state index contributed by atoms with van der Waals surface area (Å²) in [5.41, 5.74) is 0. The van der Waals surface area contributed by atoms with E-state index in [1.807, 2.05) is 24.3 Å². The number of benzene rings is 1. The van der Waals surface area contributed by atoms with Crippen LogP contribution in [-0.4, -0.2) is 39.1 Å². The van der Waals surface area contributed by atoms with Gasteiger partial charge in [0.15, 0.2) is 9.84 Å². The van der Waals surface area contributed by atoms with Crippen LogP contribution in [0.1, 0.15) is 12.8 Å². The summed E-state index contributed by atoms with van der Waals surface area (Å²) in [5.74, 6) is 1.15. The van der Waals surface area contributed by atoms with Gasteiger partial charge in [-0.05, 0) is 31.0 Å². The van der Waals surface area contributed by atoms with Gasteiger partial charge >= 0.3 is 0 Å². The fourth-order valence-corrected chi connectivity index (χ4v) is 4.33. The van der Waals surface area contributed by atoms with Gasteiger partial charge in [0.1, 0.15) is 12.4 Å². The van der Waals surface area contributed by atoms with Crippen LogP contribution in [0.4, 0.5) is 0 Å². The summed E-state index contributed by atoms with van der Waals surface area (Å²) in [6.07, 6.45) is 1.57. The van der Waals surface area contributed by atoms with Gasteiger partial charge in [0, 0.05) is 17.6 Å². The normalized spacial score (nSPS) is 21.4. The largest absolute Gasteiger partial charge is 0.492 e. The lowest BCUT2D eigenvalue weighted by molar-refractivity contribution is 0.313. The Morgan fingerprint density at radius 1 is 1.42 bits per heavy atom. The maximum absolute atomic E-state index is 11.6. The number of ether oxygens (including phenoxy) is 1. The van der Waals surface area contributed by atoms with E-state index in [0.717, 1.165) is 23.1 Å². The fraction of sp³-hybridized carbons (Fsp3) is 0.538. The number of sulfone groups is 1. The van der Waals surface area contributed by atoms with Crippen molar-refractivity contribution in [2.75, 3.05) is 25.4 Å². The highest BCUT2D eigenvalue weighted by molar-refractivity contribution is 9.10. The highest BCUT2D eigenvalue weighted by Crippen LogP contribution is 2.19. The molecule has 0 spiro atoms. The summed E-state index contributed by atoms with van der Waals surface area (Å²) < 4.78 is 29.8. The zero-order valence-corrected chi connectivity index (χ0v) is 13.0. The zero-order valence-electron chi connectivity index (χ0n) is 10.6. The van der Waals surface area contributed by atoms with E-state index < -0.39 is 9.84 Å². The molecule has 0 bridgehead atoms. The van der Waals surface area contributed by atoms with E-state index in [4.69, 9.17) is 4.74 Å². The zero-order chi connectivity index (χ0) is 13.7. The molecule has 0 aliphatic carbocycles. The molecule has 1 aromatic rings. The molecule has 1 aromatic carbocycles. The van der Waals surface area contributed by atoms with Gasteiger partial charge in [-0.25, -0.2) is 8.42 Å². The minimum Gasteiger partial charge on any atom is -0.492 e. The Hall–Kier alpha value is -0.590. The molecule has 0 amide bonds. The van der Waals surface area contributed by atoms with Gasteiger partial charge in [-0.1, -0.05) is 22.0 Å². The predicted molar refractivity (Wildman–Crippen MR) is 79.3 cm³/mol. The van der Waals surface area contributed by atoms with Crippen molar-refractivity contribution in [1.82, 2.24) is 5.32 Å². The average molecular weight is 348 g/mol. The molecular formula is C13H18BrNO3S. The summed E-state index contributed by atoms with van der Waals surface area (Å²) in [6, 6.07) is 7.65. The summed E-state index contributed by atoms with van der Waals surface area (Å²) in [5, 5.41) is 2.94. The van der Waals surface area contributed by atoms with Crippen molar-refractivity contribution in [3.8, 4) is 5.75 Å². The van der Waals surface area contributed by atoms with Crippen LogP contribution in [0.5, 0.6) is 5.75 Å². The molecule has 0 aromatic heterocycles. The van der Waals surface area contributed by atoms with E-state index in [-0.39, 0.29) is 5.25 Å². The average Bonchev–Trinajstić information content (AvgIpc) is 2.68. The third-order valence-corrected chi connectivity index (χ3v) is 5.95. The first kappa shape index (κ1) is 14.8. The third kappa shape index (κ3) is 4.47. The number of halogens is 1. The van der Waals surface area contributed by atoms with Crippen molar-refractivity contribution in [2.24, 2.45) is 0 Å². The van der Waals surface area contributed by atoms with Crippen LogP contribution in [0.2, 0.25) is 0 Å². The summed E-state index contributed by atoms with van der Waals surface area (Å²) in [6.45, 7) is 1.71. The van der Waals surface area contributed by atoms with Crippen LogP contribution in [-0.2, 0) is 9.84 Å². The molecule has 19 heavy (non-hydrogen) atoms. The smallest absolute Gasteiger partial charge is 0.154 e. The van der Waals surface area contributed by atoms with Gasteiger partial charge in [-0.15, -0.1) is 0 Å². The Morgan fingerprint density at radius 2 is 2.26 bits per heavy atom. The van der Waals surface area contributed by atoms with Gasteiger partial charge < -0.3 is 10.1 Å². The van der Waals surface area contributed by atoms with Crippen molar-refractivity contribution >= 4 is 25.8 Å². The minimum absolute atomic E-state index is 0.210. The van der Waals surface area contributed by atoms with E-state index >= 15 is 0 Å². The third-order valence-electron chi connectivity index (χ3n) is 3.18. The van der Waals surface area contributed by atoms with Crippen LogP contribution < -0.4 is 10.1 Å². The first-order valence-corrected chi connectivity index (χ1v) is 8.89. The Labute approximate surface area is 122 Å². The van der Waals surface area contributed by atoms with Crippen LogP contribution >= 0.6 is 15.9 Å². The SMILES string of the molecule is O=S1(=O)CCCC1CNCCOc1cccc(Br)c1. The molecule has 1 atom stereocenters. The highest BCUT2D eigenvalue weighted by atomic mass is 79.9. The second-order valence-electron chi connectivity index (χ2n) is 4.64. The van der Waals surface area contributed by atoms with Gasteiger partial charge in [0.05, 0.1) is 11.0 Å². The summed E-state index contributed by atoms with van der Waals surface area (Å²) in [4.78, 5) is 0. The molecule has 1 saturated heterocycles. The minimum atomic E-state index is -2.84. The van der Waals surface area contributed by atoms with E-state index in [0.29, 0.717) is 25.4 Å². The summed E-state index contributed by atoms with van der Waals surface area (Å²) in [7, 11) is -2.84. The lowest BCUT2D eigenvalue weighted by atomic mass is 10.2. The number of rotatable bonds is 6. The van der Waals surface area contributed by atoms with Crippen LogP contribution in [0, 0.1) is 0 Å². The Bertz CT molecular complexity index is 518. The molecule has 2 rings (SSSR count). The summed E-state index contributed by atoms with van der Waals surface area (Å²) >= 11 is 3.38. The number of nitrogens with one attached hydrogen (secondary N) is 1. The Balaban J connectivity index is 1.65. The second-order valence-corrected chi connectivity index (χ2v) is 7.96. The maximum atomic E-state index is 11.6. The number of hydrogen-bond acceptors (Lipinski definition) is 4. The van der Waals surface area contributed by atoms with E-state index in [2.05, 4.69) is 21.2 Å². The van der Waals surface area contributed by atoms with Crippen LogP contribution in [0.25, 0.3) is 0 Å². The lowest BCUT2D eigenvalue weighted by Crippen LogP contribution is -2.32. The van der Waals surface area contributed by atoms with Crippen molar-refractivity contribution in [2.45, 2.75) is 18.1 Å². The Kier molecular flexibility index (Phi) is 5.24. The van der Waals surface area contributed by atoms with Crippen LogP contribution in [0.15, 0.2) is 28.7 Å². The first-order valence-electron chi connectivity index (χ1n) is 6.38. The van der Waals surface area contributed by atoms with E-state index in [9.17, 15) is 8.42 Å². The van der Waals surface area contributed by atoms with Gasteiger partial charge in [0.25, 0.3) is 0 Å². The standard InChI is InChI=1S/C13H18BrNO3S/c14-11-3-1-4-12(9-11)18-7-6-15-10-13-5-2-8-19(13,16)17/h1,3-4,9,13,15H,2,5-8,10H2. The second kappa shape index (κ2) is 6.72. The molecule has 1 N–H and O–H groups in total. The monoisotopic (exact) mass is 347 g/mol. The predicted octanol–water partition coefficient (Wildman–Crippen LogP) is 1.99. The molecular weight excluding hydrogens is 330 g/mol. The molecule has 0 saturated carbocycles. The molecule has 1 aliphatic rings. The van der Waals surface area contributed by atoms with Gasteiger partial charge in [-0.3, -0.25) is 0 Å². The molecule has 1 unspecified atom stereocenters.